The van der Waals surface area contributed by atoms with Crippen LogP contribution in [0.3, 0.4) is 0 Å². The number of nitrogens with one attached hydrogen (secondary N) is 1. The normalized spacial score (nSPS) is 15.7. The van der Waals surface area contributed by atoms with Crippen molar-refractivity contribution in [3.05, 3.63) is 48.2 Å². The molecule has 1 aromatic heterocycles. The highest BCUT2D eigenvalue weighted by Gasteiger charge is 2.28. The summed E-state index contributed by atoms with van der Waals surface area (Å²) in [5.41, 5.74) is 0.765. The number of rotatable bonds is 6. The lowest BCUT2D eigenvalue weighted by Gasteiger charge is -2.24. The molecule has 1 amide bonds. The zero-order valence-corrected chi connectivity index (χ0v) is 14.8. The van der Waals surface area contributed by atoms with Gasteiger partial charge in [0.2, 0.25) is 5.91 Å². The second-order valence-electron chi connectivity index (χ2n) is 5.80. The van der Waals surface area contributed by atoms with Gasteiger partial charge in [0.25, 0.3) is 10.0 Å². The van der Waals surface area contributed by atoms with Crippen molar-refractivity contribution in [3.8, 4) is 0 Å². The topological polar surface area (TPSA) is 93.5 Å². The number of ether oxygens (including phenoxy) is 1. The molecule has 10 heteroatoms. The maximum absolute atomic E-state index is 12.8. The Hall–Kier alpha value is -2.30. The van der Waals surface area contributed by atoms with E-state index in [-0.39, 0.29) is 42.9 Å². The van der Waals surface area contributed by atoms with Crippen LogP contribution in [0.25, 0.3) is 0 Å². The summed E-state index contributed by atoms with van der Waals surface area (Å²) in [6.45, 7) is 1.47. The summed E-state index contributed by atoms with van der Waals surface area (Å²) < 4.78 is 45.7. The van der Waals surface area contributed by atoms with Crippen molar-refractivity contribution in [2.45, 2.75) is 18.1 Å². The van der Waals surface area contributed by atoms with Crippen molar-refractivity contribution in [1.82, 2.24) is 19.2 Å². The molecule has 3 rings (SSSR count). The van der Waals surface area contributed by atoms with Crippen LogP contribution in [0.15, 0.2) is 41.8 Å². The minimum absolute atomic E-state index is 0.0627. The predicted molar refractivity (Wildman–Crippen MR) is 90.1 cm³/mol. The van der Waals surface area contributed by atoms with Gasteiger partial charge >= 0.3 is 0 Å². The van der Waals surface area contributed by atoms with E-state index >= 15 is 0 Å². The quantitative estimate of drug-likeness (QED) is 0.779. The fourth-order valence-electron chi connectivity index (χ4n) is 2.50. The van der Waals surface area contributed by atoms with Gasteiger partial charge in [-0.05, 0) is 17.7 Å². The molecule has 0 spiro atoms. The van der Waals surface area contributed by atoms with Crippen molar-refractivity contribution in [1.29, 1.82) is 0 Å². The Kier molecular flexibility index (Phi) is 5.64. The van der Waals surface area contributed by atoms with Gasteiger partial charge in [0.05, 0.1) is 19.5 Å². The number of halogens is 1. The first-order valence-electron chi connectivity index (χ1n) is 8.06. The summed E-state index contributed by atoms with van der Waals surface area (Å²) in [4.78, 5) is 15.9. The highest BCUT2D eigenvalue weighted by Crippen LogP contribution is 2.14. The molecule has 26 heavy (non-hydrogen) atoms. The van der Waals surface area contributed by atoms with Crippen LogP contribution >= 0.6 is 0 Å². The maximum Gasteiger partial charge on any atom is 0.262 e. The number of carbonyl (C=O) groups is 1. The number of nitrogens with zero attached hydrogens (tertiary/aromatic N) is 3. The molecular weight excluding hydrogens is 363 g/mol. The van der Waals surface area contributed by atoms with Gasteiger partial charge in [0, 0.05) is 25.8 Å². The monoisotopic (exact) mass is 382 g/mol. The minimum atomic E-state index is -3.68. The zero-order valence-electron chi connectivity index (χ0n) is 14.0. The molecule has 0 saturated carbocycles. The number of hydrogen-bond acceptors (Lipinski definition) is 5. The number of morpholine rings is 1. The Morgan fingerprint density at radius 3 is 2.62 bits per heavy atom. The van der Waals surface area contributed by atoms with Crippen LogP contribution in [-0.4, -0.2) is 54.5 Å². The predicted octanol–water partition coefficient (Wildman–Crippen LogP) is 0.360. The number of carbonyl (C=O) groups excluding carboxylic acids is 1. The van der Waals surface area contributed by atoms with Crippen LogP contribution in [0, 0.1) is 5.82 Å². The van der Waals surface area contributed by atoms with Gasteiger partial charge in [-0.2, -0.15) is 4.31 Å². The second-order valence-corrected chi connectivity index (χ2v) is 7.69. The maximum atomic E-state index is 12.8. The van der Waals surface area contributed by atoms with Crippen molar-refractivity contribution in [3.63, 3.8) is 0 Å². The summed E-state index contributed by atoms with van der Waals surface area (Å²) >= 11 is 0. The third-order valence-electron chi connectivity index (χ3n) is 3.91. The van der Waals surface area contributed by atoms with Crippen molar-refractivity contribution < 1.29 is 22.3 Å². The van der Waals surface area contributed by atoms with Crippen molar-refractivity contribution in [2.24, 2.45) is 0 Å². The van der Waals surface area contributed by atoms with Crippen LogP contribution in [0.5, 0.6) is 0 Å². The molecule has 0 bridgehead atoms. The smallest absolute Gasteiger partial charge is 0.262 e. The molecule has 1 aliphatic rings. The average Bonchev–Trinajstić information content (AvgIpc) is 3.11. The molecule has 1 saturated heterocycles. The third kappa shape index (κ3) is 4.45. The number of sulfonamides is 1. The first kappa shape index (κ1) is 18.5. The zero-order chi connectivity index (χ0) is 18.6. The van der Waals surface area contributed by atoms with Gasteiger partial charge in [-0.1, -0.05) is 12.1 Å². The van der Waals surface area contributed by atoms with Crippen LogP contribution in [0.4, 0.5) is 4.39 Å². The van der Waals surface area contributed by atoms with Gasteiger partial charge in [-0.3, -0.25) is 4.79 Å². The van der Waals surface area contributed by atoms with Gasteiger partial charge in [0.15, 0.2) is 5.03 Å². The first-order chi connectivity index (χ1) is 12.4. The Bertz CT molecular complexity index is 861. The third-order valence-corrected chi connectivity index (χ3v) is 5.70. The van der Waals surface area contributed by atoms with E-state index in [1.807, 2.05) is 0 Å². The van der Waals surface area contributed by atoms with Crippen molar-refractivity contribution >= 4 is 15.9 Å². The fourth-order valence-corrected chi connectivity index (χ4v) is 3.85. The first-order valence-corrected chi connectivity index (χ1v) is 9.50. The molecule has 8 nitrogen and oxygen atoms in total. The Morgan fingerprint density at radius 2 is 1.92 bits per heavy atom. The van der Waals surface area contributed by atoms with E-state index in [0.29, 0.717) is 13.2 Å². The van der Waals surface area contributed by atoms with E-state index in [2.05, 4.69) is 10.3 Å². The summed E-state index contributed by atoms with van der Waals surface area (Å²) in [5.74, 6) is -0.644. The fraction of sp³-hybridized carbons (Fsp3) is 0.375. The summed E-state index contributed by atoms with van der Waals surface area (Å²) in [7, 11) is -3.68. The molecule has 1 N–H and O–H groups in total. The molecule has 2 heterocycles. The largest absolute Gasteiger partial charge is 0.379 e. The van der Waals surface area contributed by atoms with Gasteiger partial charge in [0.1, 0.15) is 12.4 Å². The van der Waals surface area contributed by atoms with Crippen LogP contribution in [-0.2, 0) is 32.6 Å². The highest BCUT2D eigenvalue weighted by atomic mass is 32.2. The van der Waals surface area contributed by atoms with Crippen molar-refractivity contribution in [2.75, 3.05) is 26.3 Å². The molecular formula is C16H19FN4O4S. The molecule has 0 atom stereocenters. The van der Waals surface area contributed by atoms with Crippen LogP contribution in [0.2, 0.25) is 0 Å². The van der Waals surface area contributed by atoms with E-state index in [1.54, 1.807) is 12.1 Å². The number of benzene rings is 1. The molecule has 0 aliphatic carbocycles. The Morgan fingerprint density at radius 1 is 1.23 bits per heavy atom. The second kappa shape index (κ2) is 7.94. The lowest BCUT2D eigenvalue weighted by Crippen LogP contribution is -2.40. The summed E-state index contributed by atoms with van der Waals surface area (Å²) in [6.07, 6.45) is 2.65. The number of imidazole rings is 1. The summed E-state index contributed by atoms with van der Waals surface area (Å²) in [6, 6.07) is 5.81. The van der Waals surface area contributed by atoms with Gasteiger partial charge < -0.3 is 14.6 Å². The number of aromatic nitrogens is 2. The molecule has 140 valence electrons. The van der Waals surface area contributed by atoms with E-state index in [4.69, 9.17) is 4.74 Å². The molecule has 1 aliphatic heterocycles. The lowest BCUT2D eigenvalue weighted by molar-refractivity contribution is -0.121. The minimum Gasteiger partial charge on any atom is -0.379 e. The molecule has 0 radical (unpaired) electrons. The lowest BCUT2D eigenvalue weighted by atomic mass is 10.2. The van der Waals surface area contributed by atoms with E-state index in [0.717, 1.165) is 5.56 Å². The van der Waals surface area contributed by atoms with E-state index < -0.39 is 10.0 Å². The highest BCUT2D eigenvalue weighted by molar-refractivity contribution is 7.89. The van der Waals surface area contributed by atoms with E-state index in [1.165, 1.54) is 33.5 Å². The SMILES string of the molecule is O=C(Cn1cnc(S(=O)(=O)N2CCOCC2)c1)NCc1ccc(F)cc1. The standard InChI is InChI=1S/C16H19FN4O4S/c17-14-3-1-13(2-4-14)9-18-15(22)10-20-11-16(19-12-20)26(23,24)21-5-7-25-8-6-21/h1-4,11-12H,5-10H2,(H,18,22). The van der Waals surface area contributed by atoms with Gasteiger partial charge in [-0.25, -0.2) is 17.8 Å². The Balaban J connectivity index is 1.57. The van der Waals surface area contributed by atoms with Crippen LogP contribution < -0.4 is 5.32 Å². The van der Waals surface area contributed by atoms with Crippen LogP contribution in [0.1, 0.15) is 5.56 Å². The molecule has 0 unspecified atom stereocenters. The molecule has 1 aromatic carbocycles. The number of amides is 1. The Labute approximate surface area is 150 Å². The van der Waals surface area contributed by atoms with E-state index in [9.17, 15) is 17.6 Å². The average molecular weight is 382 g/mol. The number of hydrogen-bond donors (Lipinski definition) is 1. The van der Waals surface area contributed by atoms with Gasteiger partial charge in [-0.15, -0.1) is 0 Å². The summed E-state index contributed by atoms with van der Waals surface area (Å²) in [5, 5.41) is 2.60. The molecule has 1 fully saturated rings. The molecule has 2 aromatic rings.